The lowest BCUT2D eigenvalue weighted by Crippen LogP contribution is -2.14. The topological polar surface area (TPSA) is 72.2 Å². The number of nitrogens with one attached hydrogen (secondary N) is 1. The molecule has 4 nitrogen and oxygen atoms in total. The predicted octanol–water partition coefficient (Wildman–Crippen LogP) is 3.93. The molecule has 8 heteroatoms. The molecule has 0 radical (unpaired) electrons. The van der Waals surface area contributed by atoms with Gasteiger partial charge in [-0.1, -0.05) is 11.6 Å². The Morgan fingerprint density at radius 3 is 2.57 bits per heavy atom. The summed E-state index contributed by atoms with van der Waals surface area (Å²) >= 11 is 9.06. The SMILES string of the molecule is Cc1cc(Cl)c(S(=O)(=O)Nc2ccc(F)cc2Br)cc1N. The lowest BCUT2D eigenvalue weighted by atomic mass is 10.2. The lowest BCUT2D eigenvalue weighted by molar-refractivity contribution is 0.601. The van der Waals surface area contributed by atoms with Crippen LogP contribution in [0.1, 0.15) is 5.56 Å². The fourth-order valence-electron chi connectivity index (χ4n) is 1.65. The third-order valence-corrected chi connectivity index (χ3v) is 5.27. The van der Waals surface area contributed by atoms with Gasteiger partial charge in [0.1, 0.15) is 10.7 Å². The standard InChI is InChI=1S/C13H11BrClFN2O2S/c1-7-4-10(15)13(6-11(7)17)21(19,20)18-12-3-2-8(16)5-9(12)14/h2-6,18H,17H2,1H3. The highest BCUT2D eigenvalue weighted by Gasteiger charge is 2.20. The fourth-order valence-corrected chi connectivity index (χ4v) is 3.93. The Labute approximate surface area is 135 Å². The Balaban J connectivity index is 2.46. The van der Waals surface area contributed by atoms with Crippen LogP contribution in [0, 0.1) is 12.7 Å². The van der Waals surface area contributed by atoms with Crippen molar-refractivity contribution in [2.45, 2.75) is 11.8 Å². The zero-order valence-corrected chi connectivity index (χ0v) is 14.0. The quantitative estimate of drug-likeness (QED) is 0.776. The van der Waals surface area contributed by atoms with Crippen molar-refractivity contribution in [1.29, 1.82) is 0 Å². The van der Waals surface area contributed by atoms with Crippen LogP contribution in [0.15, 0.2) is 39.7 Å². The summed E-state index contributed by atoms with van der Waals surface area (Å²) < 4.78 is 40.4. The molecule has 0 amide bonds. The number of aryl methyl sites for hydroxylation is 1. The molecule has 0 atom stereocenters. The maximum Gasteiger partial charge on any atom is 0.263 e. The van der Waals surface area contributed by atoms with Crippen LogP contribution < -0.4 is 10.5 Å². The molecule has 2 aromatic rings. The van der Waals surface area contributed by atoms with Gasteiger partial charge in [-0.25, -0.2) is 12.8 Å². The highest BCUT2D eigenvalue weighted by atomic mass is 79.9. The first-order chi connectivity index (χ1) is 9.70. The van der Waals surface area contributed by atoms with Crippen molar-refractivity contribution < 1.29 is 12.8 Å². The van der Waals surface area contributed by atoms with Crippen LogP contribution in [0.2, 0.25) is 5.02 Å². The van der Waals surface area contributed by atoms with E-state index in [1.807, 2.05) is 0 Å². The number of nitrogen functional groups attached to an aromatic ring is 1. The van der Waals surface area contributed by atoms with Crippen molar-refractivity contribution in [3.05, 3.63) is 51.2 Å². The summed E-state index contributed by atoms with van der Waals surface area (Å²) in [7, 11) is -3.93. The highest BCUT2D eigenvalue weighted by Crippen LogP contribution is 2.30. The number of anilines is 2. The minimum atomic E-state index is -3.93. The van der Waals surface area contributed by atoms with E-state index in [0.29, 0.717) is 11.3 Å². The summed E-state index contributed by atoms with van der Waals surface area (Å²) in [6.45, 7) is 1.72. The molecule has 112 valence electrons. The Kier molecular flexibility index (Phi) is 4.46. The molecular formula is C13H11BrClFN2O2S. The van der Waals surface area contributed by atoms with Gasteiger partial charge in [-0.05, 0) is 58.7 Å². The van der Waals surface area contributed by atoms with E-state index in [1.54, 1.807) is 6.92 Å². The summed E-state index contributed by atoms with van der Waals surface area (Å²) in [5.41, 5.74) is 6.92. The van der Waals surface area contributed by atoms with Crippen molar-refractivity contribution in [1.82, 2.24) is 0 Å². The average molecular weight is 394 g/mol. The number of sulfonamides is 1. The number of hydrogen-bond donors (Lipinski definition) is 2. The molecule has 0 saturated carbocycles. The smallest absolute Gasteiger partial charge is 0.263 e. The molecule has 0 spiro atoms. The van der Waals surface area contributed by atoms with Gasteiger partial charge in [-0.3, -0.25) is 4.72 Å². The summed E-state index contributed by atoms with van der Waals surface area (Å²) in [6, 6.07) is 6.38. The largest absolute Gasteiger partial charge is 0.398 e. The predicted molar refractivity (Wildman–Crippen MR) is 85.5 cm³/mol. The van der Waals surface area contributed by atoms with Crippen LogP contribution in [0.25, 0.3) is 0 Å². The van der Waals surface area contributed by atoms with E-state index in [9.17, 15) is 12.8 Å². The molecule has 3 N–H and O–H groups in total. The van der Waals surface area contributed by atoms with E-state index in [-0.39, 0.29) is 20.1 Å². The molecule has 0 unspecified atom stereocenters. The molecule has 0 aliphatic rings. The monoisotopic (exact) mass is 392 g/mol. The first kappa shape index (κ1) is 16.1. The van der Waals surface area contributed by atoms with Crippen molar-refractivity contribution in [3.63, 3.8) is 0 Å². The third-order valence-electron chi connectivity index (χ3n) is 2.79. The maximum atomic E-state index is 13.0. The van der Waals surface area contributed by atoms with Crippen LogP contribution in [-0.4, -0.2) is 8.42 Å². The van der Waals surface area contributed by atoms with Gasteiger partial charge in [-0.2, -0.15) is 0 Å². The summed E-state index contributed by atoms with van der Waals surface area (Å²) in [5, 5.41) is 0.0624. The van der Waals surface area contributed by atoms with E-state index in [2.05, 4.69) is 20.7 Å². The van der Waals surface area contributed by atoms with Crippen molar-refractivity contribution in [3.8, 4) is 0 Å². The second-order valence-corrected chi connectivity index (χ2v) is 7.28. The Hall–Kier alpha value is -1.31. The Bertz CT molecular complexity index is 812. The van der Waals surface area contributed by atoms with E-state index in [4.69, 9.17) is 17.3 Å². The zero-order valence-electron chi connectivity index (χ0n) is 10.8. The lowest BCUT2D eigenvalue weighted by Gasteiger charge is -2.12. The fraction of sp³-hybridized carbons (Fsp3) is 0.0769. The molecular weight excluding hydrogens is 383 g/mol. The molecule has 0 saturated heterocycles. The van der Waals surface area contributed by atoms with Crippen molar-refractivity contribution >= 4 is 48.9 Å². The van der Waals surface area contributed by atoms with E-state index in [1.165, 1.54) is 18.2 Å². The number of halogens is 3. The molecule has 0 aliphatic heterocycles. The normalized spacial score (nSPS) is 11.4. The zero-order chi connectivity index (χ0) is 15.8. The van der Waals surface area contributed by atoms with Gasteiger partial charge in [0.15, 0.2) is 0 Å². The van der Waals surface area contributed by atoms with Gasteiger partial charge in [-0.15, -0.1) is 0 Å². The van der Waals surface area contributed by atoms with E-state index >= 15 is 0 Å². The Morgan fingerprint density at radius 1 is 1.29 bits per heavy atom. The summed E-state index contributed by atoms with van der Waals surface area (Å²) in [5.74, 6) is -0.484. The summed E-state index contributed by atoms with van der Waals surface area (Å²) in [4.78, 5) is -0.136. The van der Waals surface area contributed by atoms with E-state index in [0.717, 1.165) is 12.1 Å². The van der Waals surface area contributed by atoms with Crippen LogP contribution in [0.3, 0.4) is 0 Å². The first-order valence-corrected chi connectivity index (χ1v) is 8.39. The Morgan fingerprint density at radius 2 is 1.95 bits per heavy atom. The van der Waals surface area contributed by atoms with Gasteiger partial charge < -0.3 is 5.73 Å². The number of hydrogen-bond acceptors (Lipinski definition) is 3. The molecule has 21 heavy (non-hydrogen) atoms. The van der Waals surface area contributed by atoms with Crippen LogP contribution >= 0.6 is 27.5 Å². The minimum Gasteiger partial charge on any atom is -0.398 e. The number of benzene rings is 2. The van der Waals surface area contributed by atoms with Crippen LogP contribution in [0.4, 0.5) is 15.8 Å². The molecule has 0 heterocycles. The molecule has 0 aliphatic carbocycles. The average Bonchev–Trinajstić information content (AvgIpc) is 2.37. The van der Waals surface area contributed by atoms with E-state index < -0.39 is 15.8 Å². The second kappa shape index (κ2) is 5.82. The number of nitrogens with two attached hydrogens (primary N) is 1. The number of rotatable bonds is 3. The van der Waals surface area contributed by atoms with Crippen molar-refractivity contribution in [2.24, 2.45) is 0 Å². The van der Waals surface area contributed by atoms with Gasteiger partial charge in [0, 0.05) is 10.2 Å². The molecule has 0 aromatic heterocycles. The van der Waals surface area contributed by atoms with Crippen molar-refractivity contribution in [2.75, 3.05) is 10.5 Å². The minimum absolute atomic E-state index is 0.0624. The molecule has 0 fully saturated rings. The van der Waals surface area contributed by atoms with Gasteiger partial charge in [0.2, 0.25) is 0 Å². The highest BCUT2D eigenvalue weighted by molar-refractivity contribution is 9.10. The third kappa shape index (κ3) is 3.48. The van der Waals surface area contributed by atoms with Crippen LogP contribution in [-0.2, 0) is 10.0 Å². The van der Waals surface area contributed by atoms with Gasteiger partial charge in [0.25, 0.3) is 10.0 Å². The molecule has 2 rings (SSSR count). The molecule has 0 bridgehead atoms. The maximum absolute atomic E-state index is 13.0. The van der Waals surface area contributed by atoms with Crippen LogP contribution in [0.5, 0.6) is 0 Å². The molecule has 2 aromatic carbocycles. The first-order valence-electron chi connectivity index (χ1n) is 5.74. The summed E-state index contributed by atoms with van der Waals surface area (Å²) in [6.07, 6.45) is 0. The second-order valence-electron chi connectivity index (χ2n) is 4.37. The van der Waals surface area contributed by atoms with Gasteiger partial charge in [0.05, 0.1) is 10.7 Å². The van der Waals surface area contributed by atoms with Gasteiger partial charge >= 0.3 is 0 Å².